The summed E-state index contributed by atoms with van der Waals surface area (Å²) in [6.45, 7) is 6.11. The summed E-state index contributed by atoms with van der Waals surface area (Å²) < 4.78 is 56.8. The molecule has 12 heteroatoms. The second-order valence-electron chi connectivity index (χ2n) is 6.31. The van der Waals surface area contributed by atoms with Crippen molar-refractivity contribution in [2.75, 3.05) is 47.3 Å². The number of halogens is 3. The molecule has 0 atom stereocenters. The largest absolute Gasteiger partial charge is 0.497 e. The number of carbonyl (C=O) groups excluding carboxylic acids is 1. The summed E-state index contributed by atoms with van der Waals surface area (Å²) >= 11 is 0. The Hall–Kier alpha value is -2.41. The van der Waals surface area contributed by atoms with E-state index in [9.17, 15) is 18.0 Å². The summed E-state index contributed by atoms with van der Waals surface area (Å²) in [6, 6.07) is 6.06. The van der Waals surface area contributed by atoms with Gasteiger partial charge < -0.3 is 29.8 Å². The molecule has 0 saturated carbocycles. The number of nitrogens with two attached hydrogens (primary N) is 1. The van der Waals surface area contributed by atoms with E-state index >= 15 is 0 Å². The number of aromatic nitrogens is 2. The molecule has 1 aromatic carbocycles. The zero-order valence-electron chi connectivity index (χ0n) is 18.5. The molecule has 0 amide bonds. The number of nitrogens with zero attached hydrogens (tertiary/aromatic N) is 2. The van der Waals surface area contributed by atoms with Gasteiger partial charge in [0.05, 0.1) is 60.3 Å². The third-order valence-corrected chi connectivity index (χ3v) is 4.37. The van der Waals surface area contributed by atoms with E-state index in [1.807, 2.05) is 12.1 Å². The molecule has 0 bridgehead atoms. The standard InChI is InChI=1S/C17H28N3O4.C3H3F3O2/c1-3-19-16-12-14(22-2)4-5-15(16)20(17(19)13-18)6-8-23-10-11-24-9-7-21;1-8-2(7)3(4,5)6/h4-5,12,21H,3,6-11,13,18H2,1-2H3;1H3/q+1;. The lowest BCUT2D eigenvalue weighted by Gasteiger charge is -2.05. The van der Waals surface area contributed by atoms with Crippen molar-refractivity contribution in [3.8, 4) is 5.75 Å². The minimum absolute atomic E-state index is 0.0374. The molecule has 0 unspecified atom stereocenters. The van der Waals surface area contributed by atoms with Crippen molar-refractivity contribution in [3.05, 3.63) is 24.0 Å². The molecule has 0 fully saturated rings. The molecule has 2 aromatic rings. The van der Waals surface area contributed by atoms with Crippen molar-refractivity contribution in [2.45, 2.75) is 32.7 Å². The first-order valence-electron chi connectivity index (χ1n) is 9.95. The fourth-order valence-electron chi connectivity index (χ4n) is 2.98. The van der Waals surface area contributed by atoms with E-state index in [0.29, 0.717) is 40.1 Å². The number of carbonyl (C=O) groups is 1. The highest BCUT2D eigenvalue weighted by atomic mass is 19.4. The zero-order valence-corrected chi connectivity index (χ0v) is 18.5. The van der Waals surface area contributed by atoms with Gasteiger partial charge in [-0.1, -0.05) is 0 Å². The van der Waals surface area contributed by atoms with Crippen molar-refractivity contribution in [1.29, 1.82) is 0 Å². The Morgan fingerprint density at radius 3 is 2.28 bits per heavy atom. The second kappa shape index (κ2) is 13.9. The number of methoxy groups -OCH3 is 2. The van der Waals surface area contributed by atoms with Crippen LogP contribution >= 0.6 is 0 Å². The van der Waals surface area contributed by atoms with E-state index in [1.165, 1.54) is 0 Å². The molecule has 182 valence electrons. The highest BCUT2D eigenvalue weighted by molar-refractivity contribution is 5.75. The molecule has 0 aliphatic rings. The van der Waals surface area contributed by atoms with Crippen LogP contribution in [0.4, 0.5) is 13.2 Å². The summed E-state index contributed by atoms with van der Waals surface area (Å²) in [6.07, 6.45) is -4.85. The number of hydrogen-bond acceptors (Lipinski definition) is 7. The number of aliphatic hydroxyl groups is 1. The van der Waals surface area contributed by atoms with E-state index < -0.39 is 12.1 Å². The van der Waals surface area contributed by atoms with Gasteiger partial charge in [-0.3, -0.25) is 0 Å². The van der Waals surface area contributed by atoms with Crippen LogP contribution in [0.1, 0.15) is 12.7 Å². The maximum Gasteiger partial charge on any atom is 0.490 e. The van der Waals surface area contributed by atoms with Crippen LogP contribution < -0.4 is 15.0 Å². The first-order chi connectivity index (χ1) is 15.2. The molecule has 1 heterocycles. The van der Waals surface area contributed by atoms with Gasteiger partial charge in [0.1, 0.15) is 12.3 Å². The summed E-state index contributed by atoms with van der Waals surface area (Å²) in [5.74, 6) is -0.263. The van der Waals surface area contributed by atoms with E-state index in [0.717, 1.165) is 35.7 Å². The fourth-order valence-corrected chi connectivity index (χ4v) is 2.98. The molecule has 0 aliphatic carbocycles. The van der Waals surface area contributed by atoms with Gasteiger partial charge >= 0.3 is 12.1 Å². The van der Waals surface area contributed by atoms with Crippen molar-refractivity contribution in [3.63, 3.8) is 0 Å². The fraction of sp³-hybridized carbons (Fsp3) is 0.600. The molecule has 2 rings (SSSR count). The summed E-state index contributed by atoms with van der Waals surface area (Å²) in [5.41, 5.74) is 8.23. The molecule has 0 saturated heterocycles. The van der Waals surface area contributed by atoms with Gasteiger partial charge in [0.25, 0.3) is 5.82 Å². The van der Waals surface area contributed by atoms with E-state index in [4.69, 9.17) is 25.1 Å². The van der Waals surface area contributed by atoms with Gasteiger partial charge in [0.15, 0.2) is 11.0 Å². The molecular formula is C20H31F3N3O6+. The van der Waals surface area contributed by atoms with Gasteiger partial charge in [-0.2, -0.15) is 13.2 Å². The quantitative estimate of drug-likeness (QED) is 0.291. The third kappa shape index (κ3) is 7.93. The van der Waals surface area contributed by atoms with Crippen molar-refractivity contribution in [1.82, 2.24) is 4.57 Å². The minimum atomic E-state index is -4.85. The average Bonchev–Trinajstić information content (AvgIpc) is 3.09. The number of imidazole rings is 1. The summed E-state index contributed by atoms with van der Waals surface area (Å²) in [7, 11) is 2.35. The average molecular weight is 466 g/mol. The number of benzene rings is 1. The summed E-state index contributed by atoms with van der Waals surface area (Å²) in [5, 5.41) is 8.65. The van der Waals surface area contributed by atoms with Crippen LogP contribution in [0.15, 0.2) is 18.2 Å². The van der Waals surface area contributed by atoms with Crippen molar-refractivity contribution >= 4 is 17.0 Å². The van der Waals surface area contributed by atoms with Crippen LogP contribution in [0.3, 0.4) is 0 Å². The Balaban J connectivity index is 0.000000547. The zero-order chi connectivity index (χ0) is 24.1. The normalized spacial score (nSPS) is 11.2. The minimum Gasteiger partial charge on any atom is -0.497 e. The van der Waals surface area contributed by atoms with Gasteiger partial charge in [-0.25, -0.2) is 13.9 Å². The number of hydrogen-bond donors (Lipinski definition) is 2. The van der Waals surface area contributed by atoms with Crippen LogP contribution in [0.2, 0.25) is 0 Å². The molecule has 3 N–H and O–H groups in total. The number of fused-ring (bicyclic) bond motifs is 1. The molecule has 0 aliphatic heterocycles. The molecule has 1 aromatic heterocycles. The third-order valence-electron chi connectivity index (χ3n) is 4.37. The SMILES string of the molecule is CCn1c(CN)[n+](CCOCCOCCO)c2ccc(OC)cc21.COC(=O)C(F)(F)F. The first-order valence-corrected chi connectivity index (χ1v) is 9.95. The highest BCUT2D eigenvalue weighted by Crippen LogP contribution is 2.21. The van der Waals surface area contributed by atoms with Gasteiger partial charge in [0.2, 0.25) is 0 Å². The number of aliphatic hydroxyl groups excluding tert-OH is 1. The van der Waals surface area contributed by atoms with Gasteiger partial charge in [0, 0.05) is 6.07 Å². The van der Waals surface area contributed by atoms with E-state index in [2.05, 4.69) is 26.9 Å². The van der Waals surface area contributed by atoms with Crippen LogP contribution in [-0.4, -0.2) is 69.1 Å². The summed E-state index contributed by atoms with van der Waals surface area (Å²) in [4.78, 5) is 9.49. The smallest absolute Gasteiger partial charge is 0.490 e. The van der Waals surface area contributed by atoms with E-state index in [-0.39, 0.29) is 6.61 Å². The predicted octanol–water partition coefficient (Wildman–Crippen LogP) is 1.16. The number of alkyl halides is 3. The topological polar surface area (TPSA) is 109 Å². The number of ether oxygens (including phenoxy) is 4. The van der Waals surface area contributed by atoms with Gasteiger partial charge in [-0.05, 0) is 19.1 Å². The second-order valence-corrected chi connectivity index (χ2v) is 6.31. The van der Waals surface area contributed by atoms with Crippen LogP contribution in [0.5, 0.6) is 5.75 Å². The first kappa shape index (κ1) is 27.6. The monoisotopic (exact) mass is 466 g/mol. The lowest BCUT2D eigenvalue weighted by Crippen LogP contribution is -2.41. The Bertz CT molecular complexity index is 842. The Morgan fingerprint density at radius 2 is 1.81 bits per heavy atom. The Labute approximate surface area is 184 Å². The lowest BCUT2D eigenvalue weighted by atomic mass is 10.3. The van der Waals surface area contributed by atoms with E-state index in [1.54, 1.807) is 7.11 Å². The number of rotatable bonds is 11. The maximum atomic E-state index is 11.0. The number of esters is 1. The molecule has 0 radical (unpaired) electrons. The Morgan fingerprint density at radius 1 is 1.16 bits per heavy atom. The van der Waals surface area contributed by atoms with Crippen molar-refractivity contribution in [2.24, 2.45) is 5.73 Å². The Kier molecular flexibility index (Phi) is 12.0. The van der Waals surface area contributed by atoms with Crippen molar-refractivity contribution < 1.29 is 46.6 Å². The molecular weight excluding hydrogens is 435 g/mol. The maximum absolute atomic E-state index is 11.0. The van der Waals surface area contributed by atoms with Crippen LogP contribution in [-0.2, 0) is 38.6 Å². The predicted molar refractivity (Wildman–Crippen MR) is 109 cm³/mol. The molecule has 0 spiro atoms. The highest BCUT2D eigenvalue weighted by Gasteiger charge is 2.40. The van der Waals surface area contributed by atoms with Crippen LogP contribution in [0.25, 0.3) is 11.0 Å². The van der Waals surface area contributed by atoms with Gasteiger partial charge in [-0.15, -0.1) is 0 Å². The molecule has 32 heavy (non-hydrogen) atoms. The van der Waals surface area contributed by atoms with Crippen LogP contribution in [0, 0.1) is 0 Å². The molecule has 9 nitrogen and oxygen atoms in total. The lowest BCUT2D eigenvalue weighted by molar-refractivity contribution is -0.681. The number of aryl methyl sites for hydroxylation is 1.